The highest BCUT2D eigenvalue weighted by atomic mass is 35.5. The van der Waals surface area contributed by atoms with Crippen molar-refractivity contribution in [3.8, 4) is 11.3 Å². The Kier molecular flexibility index (Phi) is 7.94. The van der Waals surface area contributed by atoms with Gasteiger partial charge in [-0.1, -0.05) is 53.5 Å². The molecule has 2 aromatic carbocycles. The third-order valence-electron chi connectivity index (χ3n) is 3.31. The van der Waals surface area contributed by atoms with Crippen LogP contribution in [0.5, 0.6) is 0 Å². The fourth-order valence-electron chi connectivity index (χ4n) is 2.20. The standard InChI is InChI=1S/C18H14Cl2N4O.C2H4O2/c1-12(25)22-18-23-17(15-8-7-14(19)9-16(15)20)11-24(18)21-10-13-5-3-2-4-6-13;1-2(3)4/h2-11H,1H3,(H,22,23,25);1H3,(H,3,4)/b21-10+;. The molecule has 0 aliphatic carbocycles. The molecule has 0 saturated heterocycles. The number of nitrogens with zero attached hydrogens (tertiary/aromatic N) is 3. The molecule has 1 heterocycles. The Morgan fingerprint density at radius 2 is 1.79 bits per heavy atom. The third kappa shape index (κ3) is 7.06. The average molecular weight is 433 g/mol. The Bertz CT molecular complexity index is 1030. The van der Waals surface area contributed by atoms with Crippen molar-refractivity contribution in [1.29, 1.82) is 0 Å². The summed E-state index contributed by atoms with van der Waals surface area (Å²) in [5.41, 5.74) is 2.21. The quantitative estimate of drug-likeness (QED) is 0.579. The van der Waals surface area contributed by atoms with Gasteiger partial charge in [-0.2, -0.15) is 5.10 Å². The monoisotopic (exact) mass is 432 g/mol. The molecule has 3 rings (SSSR count). The fraction of sp³-hybridized carbons (Fsp3) is 0.100. The molecule has 0 aliphatic rings. The molecule has 7 nitrogen and oxygen atoms in total. The van der Waals surface area contributed by atoms with Crippen molar-refractivity contribution in [3.05, 3.63) is 70.3 Å². The number of carboxylic acid groups (broad SMARTS) is 1. The van der Waals surface area contributed by atoms with Crippen LogP contribution in [0.2, 0.25) is 10.0 Å². The summed E-state index contributed by atoms with van der Waals surface area (Å²) in [5.74, 6) is -0.767. The number of aromatic nitrogens is 2. The average Bonchev–Trinajstić information content (AvgIpc) is 3.02. The van der Waals surface area contributed by atoms with E-state index < -0.39 is 5.97 Å². The van der Waals surface area contributed by atoms with Crippen molar-refractivity contribution in [2.75, 3.05) is 5.32 Å². The molecule has 0 radical (unpaired) electrons. The summed E-state index contributed by atoms with van der Waals surface area (Å²) >= 11 is 12.2. The zero-order chi connectivity index (χ0) is 21.4. The van der Waals surface area contributed by atoms with Crippen LogP contribution in [0.3, 0.4) is 0 Å². The number of halogens is 2. The number of nitrogens with one attached hydrogen (secondary N) is 1. The lowest BCUT2D eigenvalue weighted by atomic mass is 10.2. The molecule has 1 aromatic heterocycles. The first-order valence-electron chi connectivity index (χ1n) is 8.37. The lowest BCUT2D eigenvalue weighted by Gasteiger charge is -2.01. The molecule has 0 bridgehead atoms. The minimum atomic E-state index is -0.833. The number of rotatable bonds is 4. The van der Waals surface area contributed by atoms with Crippen LogP contribution in [-0.4, -0.2) is 32.9 Å². The van der Waals surface area contributed by atoms with Crippen LogP contribution in [-0.2, 0) is 9.59 Å². The van der Waals surface area contributed by atoms with Crippen LogP contribution in [0.1, 0.15) is 19.4 Å². The molecule has 0 aliphatic heterocycles. The van der Waals surface area contributed by atoms with Crippen molar-refractivity contribution in [1.82, 2.24) is 9.66 Å². The Morgan fingerprint density at radius 1 is 1.14 bits per heavy atom. The molecular weight excluding hydrogens is 415 g/mol. The Balaban J connectivity index is 0.000000687. The van der Waals surface area contributed by atoms with Gasteiger partial charge in [-0.25, -0.2) is 9.66 Å². The van der Waals surface area contributed by atoms with E-state index in [1.165, 1.54) is 11.6 Å². The van der Waals surface area contributed by atoms with E-state index in [4.69, 9.17) is 33.1 Å². The Labute approximate surface area is 177 Å². The summed E-state index contributed by atoms with van der Waals surface area (Å²) in [6.07, 6.45) is 3.38. The van der Waals surface area contributed by atoms with Gasteiger partial charge in [0.2, 0.25) is 11.9 Å². The van der Waals surface area contributed by atoms with Crippen LogP contribution in [0, 0.1) is 0 Å². The first-order valence-corrected chi connectivity index (χ1v) is 9.13. The first-order chi connectivity index (χ1) is 13.8. The van der Waals surface area contributed by atoms with Crippen molar-refractivity contribution < 1.29 is 14.7 Å². The maximum Gasteiger partial charge on any atom is 0.300 e. The highest BCUT2D eigenvalue weighted by molar-refractivity contribution is 6.36. The molecular formula is C20H18Cl2N4O3. The number of carbonyl (C=O) groups excluding carboxylic acids is 1. The van der Waals surface area contributed by atoms with E-state index in [1.807, 2.05) is 30.3 Å². The van der Waals surface area contributed by atoms with Crippen LogP contribution in [0.15, 0.2) is 59.8 Å². The first kappa shape index (κ1) is 22.1. The number of hydrogen-bond acceptors (Lipinski definition) is 4. The molecule has 2 N–H and O–H groups in total. The Hall–Kier alpha value is -3.16. The van der Waals surface area contributed by atoms with Crippen molar-refractivity contribution in [2.45, 2.75) is 13.8 Å². The second-order valence-electron chi connectivity index (χ2n) is 5.77. The van der Waals surface area contributed by atoms with Gasteiger partial charge < -0.3 is 5.11 Å². The molecule has 150 valence electrons. The van der Waals surface area contributed by atoms with Crippen LogP contribution < -0.4 is 5.32 Å². The normalized spacial score (nSPS) is 10.3. The van der Waals surface area contributed by atoms with Crippen molar-refractivity contribution in [2.24, 2.45) is 5.10 Å². The molecule has 0 spiro atoms. The SMILES string of the molecule is CC(=O)Nc1nc(-c2ccc(Cl)cc2Cl)cn1/N=C/c1ccccc1.CC(=O)O. The molecule has 3 aromatic rings. The van der Waals surface area contributed by atoms with Gasteiger partial charge in [0.1, 0.15) is 0 Å². The van der Waals surface area contributed by atoms with Gasteiger partial charge in [0.25, 0.3) is 5.97 Å². The molecule has 0 fully saturated rings. The predicted octanol–water partition coefficient (Wildman–Crippen LogP) is 4.79. The Morgan fingerprint density at radius 3 is 2.38 bits per heavy atom. The van der Waals surface area contributed by atoms with E-state index >= 15 is 0 Å². The van der Waals surface area contributed by atoms with Gasteiger partial charge in [-0.15, -0.1) is 0 Å². The topological polar surface area (TPSA) is 96.6 Å². The number of carboxylic acids is 1. The second kappa shape index (κ2) is 10.4. The number of carbonyl (C=O) groups is 2. The zero-order valence-corrected chi connectivity index (χ0v) is 17.1. The molecule has 0 unspecified atom stereocenters. The van der Waals surface area contributed by atoms with E-state index in [2.05, 4.69) is 15.4 Å². The molecule has 29 heavy (non-hydrogen) atoms. The molecule has 9 heteroatoms. The number of aliphatic carboxylic acids is 1. The number of benzene rings is 2. The van der Waals surface area contributed by atoms with Gasteiger partial charge in [0.15, 0.2) is 0 Å². The van der Waals surface area contributed by atoms with E-state index in [9.17, 15) is 4.79 Å². The van der Waals surface area contributed by atoms with Crippen LogP contribution in [0.4, 0.5) is 5.95 Å². The van der Waals surface area contributed by atoms with Gasteiger partial charge in [-0.3, -0.25) is 14.9 Å². The smallest absolute Gasteiger partial charge is 0.300 e. The number of imidazole rings is 1. The number of amides is 1. The highest BCUT2D eigenvalue weighted by Gasteiger charge is 2.13. The minimum Gasteiger partial charge on any atom is -0.481 e. The van der Waals surface area contributed by atoms with Gasteiger partial charge in [-0.05, 0) is 23.8 Å². The second-order valence-corrected chi connectivity index (χ2v) is 6.62. The van der Waals surface area contributed by atoms with E-state index in [0.29, 0.717) is 27.3 Å². The summed E-state index contributed by atoms with van der Waals surface area (Å²) in [6.45, 7) is 2.49. The molecule has 0 atom stereocenters. The minimum absolute atomic E-state index is 0.240. The van der Waals surface area contributed by atoms with Crippen molar-refractivity contribution in [3.63, 3.8) is 0 Å². The van der Waals surface area contributed by atoms with Crippen LogP contribution in [0.25, 0.3) is 11.3 Å². The van der Waals surface area contributed by atoms with Crippen molar-refractivity contribution >= 4 is 47.2 Å². The summed E-state index contributed by atoms with van der Waals surface area (Å²) in [5, 5.41) is 15.5. The van der Waals surface area contributed by atoms with E-state index in [0.717, 1.165) is 12.5 Å². The fourth-order valence-corrected chi connectivity index (χ4v) is 2.70. The lowest BCUT2D eigenvalue weighted by Crippen LogP contribution is -2.10. The largest absolute Gasteiger partial charge is 0.481 e. The van der Waals surface area contributed by atoms with Gasteiger partial charge in [0.05, 0.1) is 23.1 Å². The molecule has 1 amide bonds. The number of anilines is 1. The zero-order valence-electron chi connectivity index (χ0n) is 15.6. The molecule has 0 saturated carbocycles. The summed E-state index contributed by atoms with van der Waals surface area (Å²) in [6, 6.07) is 14.8. The summed E-state index contributed by atoms with van der Waals surface area (Å²) in [4.78, 5) is 24.9. The number of hydrogen-bond donors (Lipinski definition) is 2. The maximum atomic E-state index is 11.4. The predicted molar refractivity (Wildman–Crippen MR) is 115 cm³/mol. The maximum absolute atomic E-state index is 11.4. The van der Waals surface area contributed by atoms with Gasteiger partial charge in [0, 0.05) is 24.4 Å². The highest BCUT2D eigenvalue weighted by Crippen LogP contribution is 2.30. The van der Waals surface area contributed by atoms with E-state index in [-0.39, 0.29) is 5.91 Å². The third-order valence-corrected chi connectivity index (χ3v) is 3.86. The van der Waals surface area contributed by atoms with Gasteiger partial charge >= 0.3 is 0 Å². The van der Waals surface area contributed by atoms with Crippen LogP contribution >= 0.6 is 23.2 Å². The lowest BCUT2D eigenvalue weighted by molar-refractivity contribution is -0.134. The van der Waals surface area contributed by atoms with E-state index in [1.54, 1.807) is 30.6 Å². The summed E-state index contributed by atoms with van der Waals surface area (Å²) in [7, 11) is 0. The summed E-state index contributed by atoms with van der Waals surface area (Å²) < 4.78 is 1.49.